The maximum absolute atomic E-state index is 5.26. The van der Waals surface area contributed by atoms with Crippen LogP contribution in [0.3, 0.4) is 0 Å². The Morgan fingerprint density at radius 1 is 1.39 bits per heavy atom. The Morgan fingerprint density at radius 3 is 3.11 bits per heavy atom. The number of hydrogen-bond donors (Lipinski definition) is 0. The Labute approximate surface area is 109 Å². The van der Waals surface area contributed by atoms with Crippen molar-refractivity contribution in [1.29, 1.82) is 0 Å². The molecule has 0 amide bonds. The van der Waals surface area contributed by atoms with Crippen LogP contribution in [0, 0.1) is 0 Å². The van der Waals surface area contributed by atoms with Crippen LogP contribution in [0.25, 0.3) is 0 Å². The van der Waals surface area contributed by atoms with Crippen LogP contribution in [0.1, 0.15) is 38.4 Å². The highest BCUT2D eigenvalue weighted by Gasteiger charge is 2.34. The van der Waals surface area contributed by atoms with Gasteiger partial charge in [0.25, 0.3) is 0 Å². The summed E-state index contributed by atoms with van der Waals surface area (Å²) in [7, 11) is 0. The Kier molecular flexibility index (Phi) is 3.66. The van der Waals surface area contributed by atoms with Crippen molar-refractivity contribution in [2.75, 3.05) is 19.6 Å². The minimum Gasteiger partial charge on any atom is -0.360 e. The zero-order valence-electron chi connectivity index (χ0n) is 11.2. The minimum atomic E-state index is 0.671. The summed E-state index contributed by atoms with van der Waals surface area (Å²) < 4.78 is 5.26. The van der Waals surface area contributed by atoms with Gasteiger partial charge >= 0.3 is 0 Å². The van der Waals surface area contributed by atoms with Crippen molar-refractivity contribution in [3.05, 3.63) is 18.0 Å². The van der Waals surface area contributed by atoms with Gasteiger partial charge in [0.1, 0.15) is 0 Å². The predicted molar refractivity (Wildman–Crippen MR) is 70.2 cm³/mol. The van der Waals surface area contributed by atoms with Crippen LogP contribution < -0.4 is 0 Å². The summed E-state index contributed by atoms with van der Waals surface area (Å²) >= 11 is 0. The molecule has 4 nitrogen and oxygen atoms in total. The predicted octanol–water partition coefficient (Wildman–Crippen LogP) is 2.12. The van der Waals surface area contributed by atoms with Gasteiger partial charge in [-0.05, 0) is 25.8 Å². The van der Waals surface area contributed by atoms with Gasteiger partial charge in [-0.3, -0.25) is 9.80 Å². The van der Waals surface area contributed by atoms with E-state index < -0.39 is 0 Å². The first-order chi connectivity index (χ1) is 8.86. The zero-order chi connectivity index (χ0) is 12.4. The highest BCUT2D eigenvalue weighted by Crippen LogP contribution is 2.26. The van der Waals surface area contributed by atoms with Crippen molar-refractivity contribution in [3.63, 3.8) is 0 Å². The van der Waals surface area contributed by atoms with E-state index in [2.05, 4.69) is 21.9 Å². The molecule has 2 atom stereocenters. The van der Waals surface area contributed by atoms with Crippen LogP contribution in [-0.2, 0) is 6.54 Å². The number of piperazine rings is 1. The molecule has 1 aromatic rings. The summed E-state index contributed by atoms with van der Waals surface area (Å²) in [4.78, 5) is 5.29. The number of fused-ring (bicyclic) bond motifs is 1. The quantitative estimate of drug-likeness (QED) is 0.821. The van der Waals surface area contributed by atoms with Crippen molar-refractivity contribution in [2.45, 2.75) is 51.2 Å². The molecule has 0 aliphatic carbocycles. The van der Waals surface area contributed by atoms with Gasteiger partial charge in [-0.25, -0.2) is 0 Å². The number of aromatic nitrogens is 1. The van der Waals surface area contributed by atoms with Crippen LogP contribution in [0.15, 0.2) is 16.8 Å². The molecule has 2 aliphatic rings. The third kappa shape index (κ3) is 2.45. The van der Waals surface area contributed by atoms with Gasteiger partial charge in [0.2, 0.25) is 0 Å². The van der Waals surface area contributed by atoms with Crippen molar-refractivity contribution in [3.8, 4) is 0 Å². The zero-order valence-corrected chi connectivity index (χ0v) is 11.2. The Hall–Kier alpha value is -0.870. The van der Waals surface area contributed by atoms with E-state index in [0.717, 1.165) is 18.3 Å². The Balaban J connectivity index is 1.68. The molecule has 4 heteroatoms. The molecular weight excluding hydrogens is 226 g/mol. The lowest BCUT2D eigenvalue weighted by molar-refractivity contribution is -0.000463. The van der Waals surface area contributed by atoms with Gasteiger partial charge in [0.15, 0.2) is 5.76 Å². The molecule has 18 heavy (non-hydrogen) atoms. The fourth-order valence-corrected chi connectivity index (χ4v) is 3.42. The average molecular weight is 249 g/mol. The van der Waals surface area contributed by atoms with Gasteiger partial charge in [-0.2, -0.15) is 0 Å². The van der Waals surface area contributed by atoms with Crippen molar-refractivity contribution in [1.82, 2.24) is 15.0 Å². The molecule has 3 rings (SSSR count). The molecule has 2 aliphatic heterocycles. The van der Waals surface area contributed by atoms with E-state index in [0.29, 0.717) is 6.04 Å². The SMILES string of the molecule is CCC1CN2CCCCC2CN1Cc1ccno1. The maximum atomic E-state index is 5.26. The van der Waals surface area contributed by atoms with Crippen LogP contribution in [-0.4, -0.2) is 46.7 Å². The second-order valence-electron chi connectivity index (χ2n) is 5.61. The van der Waals surface area contributed by atoms with E-state index in [1.165, 1.54) is 45.3 Å². The van der Waals surface area contributed by atoms with Crippen LogP contribution in [0.4, 0.5) is 0 Å². The summed E-state index contributed by atoms with van der Waals surface area (Å²) in [5.74, 6) is 0.998. The maximum Gasteiger partial charge on any atom is 0.150 e. The van der Waals surface area contributed by atoms with Gasteiger partial charge in [0, 0.05) is 31.2 Å². The number of piperidine rings is 1. The van der Waals surface area contributed by atoms with E-state index in [1.54, 1.807) is 6.20 Å². The second-order valence-corrected chi connectivity index (χ2v) is 5.61. The molecule has 0 saturated carbocycles. The third-order valence-electron chi connectivity index (χ3n) is 4.48. The molecule has 0 N–H and O–H groups in total. The van der Waals surface area contributed by atoms with Gasteiger partial charge < -0.3 is 4.52 Å². The topological polar surface area (TPSA) is 32.5 Å². The lowest BCUT2D eigenvalue weighted by Crippen LogP contribution is -2.58. The van der Waals surface area contributed by atoms with Gasteiger partial charge in [0.05, 0.1) is 12.7 Å². The van der Waals surface area contributed by atoms with E-state index >= 15 is 0 Å². The molecule has 100 valence electrons. The monoisotopic (exact) mass is 249 g/mol. The number of nitrogens with zero attached hydrogens (tertiary/aromatic N) is 3. The number of rotatable bonds is 3. The fraction of sp³-hybridized carbons (Fsp3) is 0.786. The molecule has 0 bridgehead atoms. The van der Waals surface area contributed by atoms with Crippen molar-refractivity contribution in [2.24, 2.45) is 0 Å². The largest absolute Gasteiger partial charge is 0.360 e. The molecule has 2 fully saturated rings. The molecule has 0 aromatic carbocycles. The smallest absolute Gasteiger partial charge is 0.150 e. The Morgan fingerprint density at radius 2 is 2.33 bits per heavy atom. The lowest BCUT2D eigenvalue weighted by atomic mass is 9.96. The van der Waals surface area contributed by atoms with E-state index in [4.69, 9.17) is 4.52 Å². The number of hydrogen-bond acceptors (Lipinski definition) is 4. The third-order valence-corrected chi connectivity index (χ3v) is 4.48. The highest BCUT2D eigenvalue weighted by atomic mass is 16.5. The normalized spacial score (nSPS) is 30.3. The standard InChI is InChI=1S/C14H23N3O/c1-2-12-9-16-8-4-3-5-13(16)10-17(12)11-14-6-7-15-18-14/h6-7,12-13H,2-5,8-11H2,1H3. The highest BCUT2D eigenvalue weighted by molar-refractivity contribution is 4.97. The molecular formula is C14H23N3O. The lowest BCUT2D eigenvalue weighted by Gasteiger charge is -2.48. The first-order valence-electron chi connectivity index (χ1n) is 7.24. The van der Waals surface area contributed by atoms with Crippen molar-refractivity contribution < 1.29 is 4.52 Å². The van der Waals surface area contributed by atoms with Gasteiger partial charge in [-0.15, -0.1) is 0 Å². The summed E-state index contributed by atoms with van der Waals surface area (Å²) in [6.45, 7) is 6.94. The molecule has 0 radical (unpaired) electrons. The molecule has 2 saturated heterocycles. The molecule has 1 aromatic heterocycles. The Bertz CT molecular complexity index is 365. The summed E-state index contributed by atoms with van der Waals surface area (Å²) in [5.41, 5.74) is 0. The van der Waals surface area contributed by atoms with Crippen molar-refractivity contribution >= 4 is 0 Å². The average Bonchev–Trinajstić information content (AvgIpc) is 2.91. The summed E-state index contributed by atoms with van der Waals surface area (Å²) in [5, 5.41) is 3.81. The molecule has 3 heterocycles. The minimum absolute atomic E-state index is 0.671. The van der Waals surface area contributed by atoms with Crippen LogP contribution in [0.5, 0.6) is 0 Å². The van der Waals surface area contributed by atoms with E-state index in [9.17, 15) is 0 Å². The second kappa shape index (κ2) is 5.41. The first kappa shape index (κ1) is 12.2. The van der Waals surface area contributed by atoms with Crippen LogP contribution in [0.2, 0.25) is 0 Å². The van der Waals surface area contributed by atoms with E-state index in [1.807, 2.05) is 6.07 Å². The van der Waals surface area contributed by atoms with E-state index in [-0.39, 0.29) is 0 Å². The van der Waals surface area contributed by atoms with Gasteiger partial charge in [-0.1, -0.05) is 18.5 Å². The fourth-order valence-electron chi connectivity index (χ4n) is 3.42. The summed E-state index contributed by atoms with van der Waals surface area (Å²) in [6.07, 6.45) is 7.11. The molecule has 0 spiro atoms. The van der Waals surface area contributed by atoms with Crippen LogP contribution >= 0.6 is 0 Å². The summed E-state index contributed by atoms with van der Waals surface area (Å²) in [6, 6.07) is 3.42. The molecule has 2 unspecified atom stereocenters. The first-order valence-corrected chi connectivity index (χ1v) is 7.24.